The third-order valence-corrected chi connectivity index (χ3v) is 4.28. The molecule has 0 spiro atoms. The van der Waals surface area contributed by atoms with E-state index >= 15 is 0 Å². The van der Waals surface area contributed by atoms with Crippen molar-refractivity contribution in [1.82, 2.24) is 10.6 Å². The van der Waals surface area contributed by atoms with Crippen LogP contribution >= 0.6 is 15.9 Å². The molecular weight excluding hydrogens is 386 g/mol. The van der Waals surface area contributed by atoms with Gasteiger partial charge in [0.1, 0.15) is 6.04 Å². The van der Waals surface area contributed by atoms with Gasteiger partial charge >= 0.3 is 0 Å². The van der Waals surface area contributed by atoms with Crippen LogP contribution in [0, 0.1) is 0 Å². The van der Waals surface area contributed by atoms with E-state index < -0.39 is 17.9 Å². The minimum absolute atomic E-state index is 0.243. The van der Waals surface area contributed by atoms with E-state index in [0.29, 0.717) is 5.56 Å². The van der Waals surface area contributed by atoms with Crippen molar-refractivity contribution in [3.63, 3.8) is 0 Å². The van der Waals surface area contributed by atoms with Gasteiger partial charge in [0.25, 0.3) is 5.91 Å². The summed E-state index contributed by atoms with van der Waals surface area (Å²) in [5.41, 5.74) is 6.67. The van der Waals surface area contributed by atoms with Crippen LogP contribution in [-0.4, -0.2) is 30.3 Å². The summed E-state index contributed by atoms with van der Waals surface area (Å²) in [6.45, 7) is -0.243. The highest BCUT2D eigenvalue weighted by molar-refractivity contribution is 9.10. The van der Waals surface area contributed by atoms with Crippen LogP contribution in [0.25, 0.3) is 0 Å². The lowest BCUT2D eigenvalue weighted by atomic mass is 10.1. The van der Waals surface area contributed by atoms with Crippen molar-refractivity contribution in [2.45, 2.75) is 12.5 Å². The first-order valence-corrected chi connectivity index (χ1v) is 8.42. The molecule has 0 fully saturated rings. The molecule has 0 unspecified atom stereocenters. The predicted octanol–water partition coefficient (Wildman–Crippen LogP) is 1.39. The van der Waals surface area contributed by atoms with Crippen LogP contribution in [-0.2, 0) is 16.0 Å². The summed E-state index contributed by atoms with van der Waals surface area (Å²) in [6, 6.07) is 15.1. The second-order valence-corrected chi connectivity index (χ2v) is 6.22. The summed E-state index contributed by atoms with van der Waals surface area (Å²) in [4.78, 5) is 35.6. The molecule has 0 saturated carbocycles. The van der Waals surface area contributed by atoms with Crippen molar-refractivity contribution in [2.75, 3.05) is 6.54 Å². The van der Waals surface area contributed by atoms with E-state index in [1.54, 1.807) is 30.3 Å². The fourth-order valence-corrected chi connectivity index (χ4v) is 2.65. The Kier molecular flexibility index (Phi) is 6.71. The lowest BCUT2D eigenvalue weighted by Crippen LogP contribution is -2.49. The van der Waals surface area contributed by atoms with E-state index in [-0.39, 0.29) is 18.9 Å². The highest BCUT2D eigenvalue weighted by Crippen LogP contribution is 2.17. The van der Waals surface area contributed by atoms with Crippen molar-refractivity contribution in [3.8, 4) is 0 Å². The SMILES string of the molecule is NC(=O)[C@@H](Cc1ccccc1Br)NC(=O)CNC(=O)c1ccccc1. The van der Waals surface area contributed by atoms with E-state index in [1.807, 2.05) is 24.3 Å². The Morgan fingerprint density at radius 2 is 1.64 bits per heavy atom. The van der Waals surface area contributed by atoms with Gasteiger partial charge in [-0.2, -0.15) is 0 Å². The van der Waals surface area contributed by atoms with Gasteiger partial charge in [-0.25, -0.2) is 0 Å². The molecule has 0 aliphatic carbocycles. The number of halogens is 1. The first-order chi connectivity index (χ1) is 12.0. The van der Waals surface area contributed by atoms with Crippen LogP contribution in [0.4, 0.5) is 0 Å². The third kappa shape index (κ3) is 5.72. The molecule has 3 amide bonds. The average Bonchev–Trinajstić information content (AvgIpc) is 2.61. The van der Waals surface area contributed by atoms with E-state index in [2.05, 4.69) is 26.6 Å². The molecule has 0 saturated heterocycles. The van der Waals surface area contributed by atoms with E-state index in [0.717, 1.165) is 10.0 Å². The molecular formula is C18H18BrN3O3. The Hall–Kier alpha value is -2.67. The van der Waals surface area contributed by atoms with Gasteiger partial charge in [-0.05, 0) is 23.8 Å². The molecule has 2 aromatic rings. The van der Waals surface area contributed by atoms with Gasteiger partial charge in [-0.1, -0.05) is 52.3 Å². The average molecular weight is 404 g/mol. The first kappa shape index (κ1) is 18.7. The molecule has 6 nitrogen and oxygen atoms in total. The first-order valence-electron chi connectivity index (χ1n) is 7.62. The van der Waals surface area contributed by atoms with Crippen LogP contribution in [0.5, 0.6) is 0 Å². The van der Waals surface area contributed by atoms with Crippen molar-refractivity contribution < 1.29 is 14.4 Å². The fourth-order valence-electron chi connectivity index (χ4n) is 2.20. The van der Waals surface area contributed by atoms with Gasteiger partial charge < -0.3 is 16.4 Å². The number of hydrogen-bond acceptors (Lipinski definition) is 3. The molecule has 2 aromatic carbocycles. The maximum Gasteiger partial charge on any atom is 0.251 e. The molecule has 130 valence electrons. The quantitative estimate of drug-likeness (QED) is 0.650. The lowest BCUT2D eigenvalue weighted by molar-refractivity contribution is -0.126. The van der Waals surface area contributed by atoms with Crippen molar-refractivity contribution in [1.29, 1.82) is 0 Å². The number of hydrogen-bond donors (Lipinski definition) is 3. The number of benzene rings is 2. The van der Waals surface area contributed by atoms with Crippen molar-refractivity contribution in [2.24, 2.45) is 5.73 Å². The van der Waals surface area contributed by atoms with E-state index in [4.69, 9.17) is 5.73 Å². The number of nitrogens with one attached hydrogen (secondary N) is 2. The molecule has 0 bridgehead atoms. The second kappa shape index (κ2) is 8.98. The van der Waals surface area contributed by atoms with Crippen LogP contribution in [0.2, 0.25) is 0 Å². The lowest BCUT2D eigenvalue weighted by Gasteiger charge is -2.16. The molecule has 7 heteroatoms. The highest BCUT2D eigenvalue weighted by Gasteiger charge is 2.20. The highest BCUT2D eigenvalue weighted by atomic mass is 79.9. The maximum atomic E-state index is 12.0. The summed E-state index contributed by atoms with van der Waals surface area (Å²) in [6.07, 6.45) is 0.259. The third-order valence-electron chi connectivity index (χ3n) is 3.51. The molecule has 0 aliphatic rings. The summed E-state index contributed by atoms with van der Waals surface area (Å²) in [5, 5.41) is 5.06. The number of rotatable bonds is 7. The fraction of sp³-hybridized carbons (Fsp3) is 0.167. The molecule has 0 aliphatic heterocycles. The molecule has 0 radical (unpaired) electrons. The van der Waals surface area contributed by atoms with Gasteiger partial charge in [0.2, 0.25) is 11.8 Å². The normalized spacial score (nSPS) is 11.4. The maximum absolute atomic E-state index is 12.0. The predicted molar refractivity (Wildman–Crippen MR) is 97.7 cm³/mol. The number of carbonyl (C=O) groups is 3. The largest absolute Gasteiger partial charge is 0.368 e. The number of nitrogens with two attached hydrogens (primary N) is 1. The molecule has 2 rings (SSSR count). The van der Waals surface area contributed by atoms with Gasteiger partial charge in [0.15, 0.2) is 0 Å². The minimum Gasteiger partial charge on any atom is -0.368 e. The van der Waals surface area contributed by atoms with E-state index in [1.165, 1.54) is 0 Å². The van der Waals surface area contributed by atoms with E-state index in [9.17, 15) is 14.4 Å². The number of carbonyl (C=O) groups excluding carboxylic acids is 3. The number of primary amides is 1. The number of amides is 3. The Bertz CT molecular complexity index is 765. The van der Waals surface area contributed by atoms with Crippen LogP contribution in [0.3, 0.4) is 0 Å². The monoisotopic (exact) mass is 403 g/mol. The van der Waals surface area contributed by atoms with Crippen LogP contribution in [0.15, 0.2) is 59.1 Å². The van der Waals surface area contributed by atoms with Crippen molar-refractivity contribution in [3.05, 3.63) is 70.2 Å². The molecule has 0 heterocycles. The second-order valence-electron chi connectivity index (χ2n) is 5.37. The Morgan fingerprint density at radius 1 is 1.00 bits per heavy atom. The topological polar surface area (TPSA) is 101 Å². The molecule has 4 N–H and O–H groups in total. The summed E-state index contributed by atoms with van der Waals surface area (Å²) >= 11 is 3.39. The standard InChI is InChI=1S/C18H18BrN3O3/c19-14-9-5-4-8-13(14)10-15(17(20)24)22-16(23)11-21-18(25)12-6-2-1-3-7-12/h1-9,15H,10-11H2,(H2,20,24)(H,21,25)(H,22,23)/t15-/m1/s1. The zero-order valence-electron chi connectivity index (χ0n) is 13.4. The van der Waals surface area contributed by atoms with Crippen LogP contribution < -0.4 is 16.4 Å². The van der Waals surface area contributed by atoms with Crippen molar-refractivity contribution >= 4 is 33.7 Å². The minimum atomic E-state index is -0.861. The van der Waals surface area contributed by atoms with Gasteiger partial charge in [0.05, 0.1) is 6.54 Å². The molecule has 1 atom stereocenters. The molecule has 0 aromatic heterocycles. The molecule has 25 heavy (non-hydrogen) atoms. The van der Waals surface area contributed by atoms with Gasteiger partial charge in [-0.3, -0.25) is 14.4 Å². The summed E-state index contributed by atoms with van der Waals surface area (Å²) in [5.74, 6) is -1.49. The van der Waals surface area contributed by atoms with Crippen LogP contribution in [0.1, 0.15) is 15.9 Å². The zero-order valence-corrected chi connectivity index (χ0v) is 15.0. The van der Waals surface area contributed by atoms with Gasteiger partial charge in [0, 0.05) is 16.5 Å². The summed E-state index contributed by atoms with van der Waals surface area (Å²) in [7, 11) is 0. The Morgan fingerprint density at radius 3 is 2.28 bits per heavy atom. The Balaban J connectivity index is 1.91. The van der Waals surface area contributed by atoms with Gasteiger partial charge in [-0.15, -0.1) is 0 Å². The zero-order chi connectivity index (χ0) is 18.2. The smallest absolute Gasteiger partial charge is 0.251 e. The Labute approximate surface area is 153 Å². The summed E-state index contributed by atoms with van der Waals surface area (Å²) < 4.78 is 0.827.